The van der Waals surface area contributed by atoms with E-state index in [1.165, 1.54) is 6.26 Å². The van der Waals surface area contributed by atoms with Crippen molar-refractivity contribution in [1.82, 2.24) is 4.98 Å². The van der Waals surface area contributed by atoms with Crippen molar-refractivity contribution < 1.29 is 8.42 Å². The number of rotatable bonds is 4. The zero-order valence-electron chi connectivity index (χ0n) is 12.7. The molecule has 6 heteroatoms. The maximum atomic E-state index is 11.7. The van der Waals surface area contributed by atoms with Crippen LogP contribution >= 0.6 is 11.3 Å². The molecule has 21 heavy (non-hydrogen) atoms. The molecular weight excluding hydrogens is 304 g/mol. The molecule has 0 saturated heterocycles. The Labute approximate surface area is 130 Å². The van der Waals surface area contributed by atoms with Crippen LogP contribution in [0.25, 0.3) is 0 Å². The highest BCUT2D eigenvalue weighted by Gasteiger charge is 2.18. The maximum absolute atomic E-state index is 11.7. The molecule has 1 aromatic heterocycles. The van der Waals surface area contributed by atoms with Crippen molar-refractivity contribution in [3.8, 4) is 0 Å². The zero-order chi connectivity index (χ0) is 15.7. The van der Waals surface area contributed by atoms with E-state index in [4.69, 9.17) is 0 Å². The molecule has 0 amide bonds. The Morgan fingerprint density at radius 1 is 1.24 bits per heavy atom. The van der Waals surface area contributed by atoms with Crippen LogP contribution in [-0.4, -0.2) is 19.7 Å². The van der Waals surface area contributed by atoms with E-state index in [-0.39, 0.29) is 5.41 Å². The molecule has 1 N–H and O–H groups in total. The molecule has 0 aliphatic carbocycles. The first kappa shape index (κ1) is 16.0. The van der Waals surface area contributed by atoms with Gasteiger partial charge in [-0.25, -0.2) is 13.4 Å². The van der Waals surface area contributed by atoms with Crippen LogP contribution < -0.4 is 5.32 Å². The van der Waals surface area contributed by atoms with Gasteiger partial charge in [0.15, 0.2) is 9.84 Å². The van der Waals surface area contributed by atoms with E-state index in [2.05, 4.69) is 31.1 Å². The monoisotopic (exact) mass is 324 g/mol. The minimum atomic E-state index is -3.24. The fourth-order valence-corrected chi connectivity index (χ4v) is 3.63. The number of anilines is 1. The van der Waals surface area contributed by atoms with Gasteiger partial charge in [-0.1, -0.05) is 32.9 Å². The van der Waals surface area contributed by atoms with Gasteiger partial charge in [0.25, 0.3) is 0 Å². The third-order valence-electron chi connectivity index (χ3n) is 2.94. The Kier molecular flexibility index (Phi) is 4.39. The van der Waals surface area contributed by atoms with Crippen molar-refractivity contribution in [3.63, 3.8) is 0 Å². The average molecular weight is 324 g/mol. The van der Waals surface area contributed by atoms with Gasteiger partial charge < -0.3 is 5.32 Å². The Morgan fingerprint density at radius 2 is 1.90 bits per heavy atom. The van der Waals surface area contributed by atoms with E-state index in [1.54, 1.807) is 29.5 Å². The van der Waals surface area contributed by atoms with E-state index in [9.17, 15) is 8.42 Å². The summed E-state index contributed by atoms with van der Waals surface area (Å²) in [5, 5.41) is 6.26. The van der Waals surface area contributed by atoms with Gasteiger partial charge in [-0.3, -0.25) is 0 Å². The Balaban J connectivity index is 2.16. The quantitative estimate of drug-likeness (QED) is 0.936. The number of hydrogen-bond acceptors (Lipinski definition) is 5. The van der Waals surface area contributed by atoms with Crippen molar-refractivity contribution in [2.45, 2.75) is 37.6 Å². The highest BCUT2D eigenvalue weighted by molar-refractivity contribution is 7.90. The van der Waals surface area contributed by atoms with Crippen molar-refractivity contribution in [3.05, 3.63) is 40.3 Å². The molecule has 1 heterocycles. The standard InChI is InChI=1S/C15H20N2O2S2/c1-15(2,3)14-17-11(10-20-14)9-16-12-7-5-6-8-13(12)21(4,18)19/h5-8,10,16H,9H2,1-4H3. The maximum Gasteiger partial charge on any atom is 0.177 e. The van der Waals surface area contributed by atoms with Crippen LogP contribution in [0.3, 0.4) is 0 Å². The van der Waals surface area contributed by atoms with Crippen LogP contribution in [-0.2, 0) is 21.8 Å². The lowest BCUT2D eigenvalue weighted by Crippen LogP contribution is -2.11. The summed E-state index contributed by atoms with van der Waals surface area (Å²) in [4.78, 5) is 4.91. The van der Waals surface area contributed by atoms with Crippen molar-refractivity contribution in [2.24, 2.45) is 0 Å². The topological polar surface area (TPSA) is 59.1 Å². The summed E-state index contributed by atoms with van der Waals surface area (Å²) in [7, 11) is -3.24. The average Bonchev–Trinajstić information content (AvgIpc) is 2.84. The Bertz CT molecular complexity index is 728. The van der Waals surface area contributed by atoms with Gasteiger partial charge in [-0.05, 0) is 12.1 Å². The molecule has 4 nitrogen and oxygen atoms in total. The molecule has 0 unspecified atom stereocenters. The summed E-state index contributed by atoms with van der Waals surface area (Å²) < 4.78 is 23.5. The lowest BCUT2D eigenvalue weighted by atomic mass is 9.98. The van der Waals surface area contributed by atoms with Crippen molar-refractivity contribution in [1.29, 1.82) is 0 Å². The second-order valence-electron chi connectivity index (χ2n) is 6.02. The van der Waals surface area contributed by atoms with Crippen LogP contribution in [0, 0.1) is 0 Å². The highest BCUT2D eigenvalue weighted by Crippen LogP contribution is 2.26. The molecule has 114 valence electrons. The van der Waals surface area contributed by atoms with Crippen LogP contribution in [0.2, 0.25) is 0 Å². The largest absolute Gasteiger partial charge is 0.378 e. The summed E-state index contributed by atoms with van der Waals surface area (Å²) in [6, 6.07) is 6.92. The predicted molar refractivity (Wildman–Crippen MR) is 87.7 cm³/mol. The van der Waals surface area contributed by atoms with Gasteiger partial charge in [0, 0.05) is 17.1 Å². The molecule has 0 aliphatic heterocycles. The number of aromatic nitrogens is 1. The fourth-order valence-electron chi connectivity index (χ4n) is 1.85. The van der Waals surface area contributed by atoms with Gasteiger partial charge in [0.1, 0.15) is 0 Å². The van der Waals surface area contributed by atoms with Gasteiger partial charge in [-0.2, -0.15) is 0 Å². The van der Waals surface area contributed by atoms with Crippen molar-refractivity contribution in [2.75, 3.05) is 11.6 Å². The minimum Gasteiger partial charge on any atom is -0.378 e. The number of para-hydroxylation sites is 1. The Hall–Kier alpha value is -1.40. The summed E-state index contributed by atoms with van der Waals surface area (Å²) in [5.41, 5.74) is 1.58. The molecule has 0 aliphatic rings. The summed E-state index contributed by atoms with van der Waals surface area (Å²) in [6.45, 7) is 6.89. The number of thiazole rings is 1. The van der Waals surface area contributed by atoms with Gasteiger partial charge >= 0.3 is 0 Å². The lowest BCUT2D eigenvalue weighted by molar-refractivity contribution is 0.583. The molecule has 2 rings (SSSR count). The summed E-state index contributed by atoms with van der Waals surface area (Å²) in [6.07, 6.45) is 1.22. The van der Waals surface area contributed by atoms with E-state index in [1.807, 2.05) is 11.4 Å². The number of nitrogens with one attached hydrogen (secondary N) is 1. The lowest BCUT2D eigenvalue weighted by Gasteiger charge is -2.13. The van der Waals surface area contributed by atoms with Crippen LogP contribution in [0.5, 0.6) is 0 Å². The first-order valence-corrected chi connectivity index (χ1v) is 9.43. The third kappa shape index (κ3) is 4.04. The zero-order valence-corrected chi connectivity index (χ0v) is 14.3. The Morgan fingerprint density at radius 3 is 2.48 bits per heavy atom. The SMILES string of the molecule is CC(C)(C)c1nc(CNc2ccccc2S(C)(=O)=O)cs1. The third-order valence-corrected chi connectivity index (χ3v) is 5.41. The van der Waals surface area contributed by atoms with E-state index in [0.29, 0.717) is 17.1 Å². The summed E-state index contributed by atoms with van der Waals surface area (Å²) >= 11 is 1.63. The normalized spacial score (nSPS) is 12.4. The van der Waals surface area contributed by atoms with Gasteiger partial charge in [0.05, 0.1) is 27.8 Å². The number of hydrogen-bond donors (Lipinski definition) is 1. The number of sulfone groups is 1. The van der Waals surface area contributed by atoms with Gasteiger partial charge in [0.2, 0.25) is 0 Å². The van der Waals surface area contributed by atoms with Gasteiger partial charge in [-0.15, -0.1) is 11.3 Å². The van der Waals surface area contributed by atoms with E-state index < -0.39 is 9.84 Å². The highest BCUT2D eigenvalue weighted by atomic mass is 32.2. The minimum absolute atomic E-state index is 0.0353. The first-order chi connectivity index (χ1) is 9.68. The molecule has 1 aromatic carbocycles. The molecule has 0 bridgehead atoms. The fraction of sp³-hybridized carbons (Fsp3) is 0.400. The van der Waals surface area contributed by atoms with Crippen LogP contribution in [0.15, 0.2) is 34.5 Å². The second kappa shape index (κ2) is 5.77. The van der Waals surface area contributed by atoms with Crippen molar-refractivity contribution >= 4 is 26.9 Å². The summed E-state index contributed by atoms with van der Waals surface area (Å²) in [5.74, 6) is 0. The molecule has 0 fully saturated rings. The van der Waals surface area contributed by atoms with Crippen LogP contribution in [0.4, 0.5) is 5.69 Å². The molecular formula is C15H20N2O2S2. The smallest absolute Gasteiger partial charge is 0.177 e. The van der Waals surface area contributed by atoms with E-state index in [0.717, 1.165) is 10.7 Å². The molecule has 0 saturated carbocycles. The van der Waals surface area contributed by atoms with Crippen LogP contribution in [0.1, 0.15) is 31.5 Å². The molecule has 0 radical (unpaired) electrons. The van der Waals surface area contributed by atoms with E-state index >= 15 is 0 Å². The molecule has 0 atom stereocenters. The first-order valence-electron chi connectivity index (χ1n) is 6.66. The molecule has 0 spiro atoms. The predicted octanol–water partition coefficient (Wildman–Crippen LogP) is 3.46. The number of benzene rings is 1. The second-order valence-corrected chi connectivity index (χ2v) is 8.86. The molecule has 2 aromatic rings. The number of nitrogens with zero attached hydrogens (tertiary/aromatic N) is 1.